The molecule has 1 saturated carbocycles. The molecule has 0 amide bonds. The number of carbonyl (C=O) groups excluding carboxylic acids is 1. The Kier molecular flexibility index (Phi) is 5.14. The van der Waals surface area contributed by atoms with Gasteiger partial charge in [0.05, 0.1) is 12.7 Å². The first-order valence-electron chi connectivity index (χ1n) is 7.58. The molecular formula is C17H21F3O2. The SMILES string of the molecule is COC(=O)CCc1ccc([C@H]2CC[C@H](C)C2)cc1C(F)(F)F. The van der Waals surface area contributed by atoms with Crippen molar-refractivity contribution in [2.75, 3.05) is 7.11 Å². The van der Waals surface area contributed by atoms with Crippen molar-refractivity contribution in [2.24, 2.45) is 5.92 Å². The summed E-state index contributed by atoms with van der Waals surface area (Å²) in [5, 5.41) is 0. The minimum absolute atomic E-state index is 0.0423. The van der Waals surface area contributed by atoms with Crippen LogP contribution in [-0.2, 0) is 22.1 Å². The van der Waals surface area contributed by atoms with Gasteiger partial charge in [-0.15, -0.1) is 0 Å². The molecule has 1 aromatic carbocycles. The minimum Gasteiger partial charge on any atom is -0.469 e. The standard InChI is InChI=1S/C17H21F3O2/c1-11-3-4-13(9-11)14-6-5-12(7-8-16(21)22-2)15(10-14)17(18,19)20/h5-6,10-11,13H,3-4,7-9H2,1-2H3/t11-,13-/m0/s1. The first kappa shape index (κ1) is 16.8. The van der Waals surface area contributed by atoms with Crippen molar-refractivity contribution in [1.29, 1.82) is 0 Å². The summed E-state index contributed by atoms with van der Waals surface area (Å²) < 4.78 is 44.3. The molecule has 0 aromatic heterocycles. The highest BCUT2D eigenvalue weighted by Gasteiger charge is 2.34. The molecule has 2 atom stereocenters. The van der Waals surface area contributed by atoms with Crippen LogP contribution in [0.1, 0.15) is 55.2 Å². The van der Waals surface area contributed by atoms with Crippen molar-refractivity contribution in [3.63, 3.8) is 0 Å². The van der Waals surface area contributed by atoms with E-state index in [9.17, 15) is 18.0 Å². The second kappa shape index (κ2) is 6.71. The lowest BCUT2D eigenvalue weighted by atomic mass is 9.91. The highest BCUT2D eigenvalue weighted by molar-refractivity contribution is 5.69. The molecule has 0 bridgehead atoms. The Morgan fingerprint density at radius 1 is 1.32 bits per heavy atom. The number of methoxy groups -OCH3 is 1. The number of carbonyl (C=O) groups is 1. The average Bonchev–Trinajstić information content (AvgIpc) is 2.90. The van der Waals surface area contributed by atoms with Crippen LogP contribution < -0.4 is 0 Å². The Morgan fingerprint density at radius 3 is 2.59 bits per heavy atom. The molecule has 2 nitrogen and oxygen atoms in total. The lowest BCUT2D eigenvalue weighted by Crippen LogP contribution is -2.12. The van der Waals surface area contributed by atoms with E-state index in [1.54, 1.807) is 6.07 Å². The first-order chi connectivity index (χ1) is 10.3. The Hall–Kier alpha value is -1.52. The van der Waals surface area contributed by atoms with Gasteiger partial charge < -0.3 is 4.74 Å². The van der Waals surface area contributed by atoms with E-state index < -0.39 is 17.7 Å². The molecule has 0 radical (unpaired) electrons. The van der Waals surface area contributed by atoms with Crippen molar-refractivity contribution in [2.45, 2.75) is 51.1 Å². The zero-order valence-electron chi connectivity index (χ0n) is 12.9. The highest BCUT2D eigenvalue weighted by Crippen LogP contribution is 2.41. The van der Waals surface area contributed by atoms with Crippen LogP contribution in [-0.4, -0.2) is 13.1 Å². The smallest absolute Gasteiger partial charge is 0.416 e. The third-order valence-corrected chi connectivity index (χ3v) is 4.43. The third kappa shape index (κ3) is 4.02. The monoisotopic (exact) mass is 314 g/mol. The molecule has 1 aliphatic carbocycles. The molecule has 0 heterocycles. The average molecular weight is 314 g/mol. The zero-order chi connectivity index (χ0) is 16.3. The van der Waals surface area contributed by atoms with Crippen LogP contribution in [0.2, 0.25) is 0 Å². The van der Waals surface area contributed by atoms with E-state index in [4.69, 9.17) is 0 Å². The van der Waals surface area contributed by atoms with Gasteiger partial charge in [0.25, 0.3) is 0 Å². The Morgan fingerprint density at radius 2 is 2.05 bits per heavy atom. The minimum atomic E-state index is -4.40. The Balaban J connectivity index is 2.25. The van der Waals surface area contributed by atoms with Crippen molar-refractivity contribution in [3.05, 3.63) is 34.9 Å². The van der Waals surface area contributed by atoms with Gasteiger partial charge in [0.1, 0.15) is 0 Å². The van der Waals surface area contributed by atoms with Crippen LogP contribution in [0.5, 0.6) is 0 Å². The van der Waals surface area contributed by atoms with Gasteiger partial charge in [-0.1, -0.05) is 25.5 Å². The van der Waals surface area contributed by atoms with Crippen LogP contribution in [0.25, 0.3) is 0 Å². The number of hydrogen-bond acceptors (Lipinski definition) is 2. The van der Waals surface area contributed by atoms with Crippen molar-refractivity contribution in [1.82, 2.24) is 0 Å². The maximum Gasteiger partial charge on any atom is 0.416 e. The number of aryl methyl sites for hydroxylation is 1. The summed E-state index contributed by atoms with van der Waals surface area (Å²) in [4.78, 5) is 11.2. The van der Waals surface area contributed by atoms with Crippen LogP contribution in [0, 0.1) is 5.92 Å². The van der Waals surface area contributed by atoms with Gasteiger partial charge >= 0.3 is 12.1 Å². The summed E-state index contributed by atoms with van der Waals surface area (Å²) in [6.07, 6.45) is -1.44. The van der Waals surface area contributed by atoms with Gasteiger partial charge in [-0.05, 0) is 48.3 Å². The van der Waals surface area contributed by atoms with Crippen LogP contribution in [0.15, 0.2) is 18.2 Å². The molecule has 0 saturated heterocycles. The molecule has 1 aromatic rings. The summed E-state index contributed by atoms with van der Waals surface area (Å²) in [6.45, 7) is 2.13. The normalized spacial score (nSPS) is 21.9. The van der Waals surface area contributed by atoms with Gasteiger partial charge in [-0.25, -0.2) is 0 Å². The fraction of sp³-hybridized carbons (Fsp3) is 0.588. The molecule has 22 heavy (non-hydrogen) atoms. The van der Waals surface area contributed by atoms with Gasteiger partial charge in [0, 0.05) is 6.42 Å². The highest BCUT2D eigenvalue weighted by atomic mass is 19.4. The second-order valence-electron chi connectivity index (χ2n) is 6.11. The summed E-state index contributed by atoms with van der Waals surface area (Å²) in [5.74, 6) is 0.283. The number of halogens is 3. The summed E-state index contributed by atoms with van der Waals surface area (Å²) in [5.41, 5.74) is 0.305. The molecule has 2 rings (SSSR count). The van der Waals surface area contributed by atoms with E-state index in [-0.39, 0.29) is 24.3 Å². The van der Waals surface area contributed by atoms with Gasteiger partial charge in [0.2, 0.25) is 0 Å². The van der Waals surface area contributed by atoms with Gasteiger partial charge in [0.15, 0.2) is 0 Å². The molecule has 1 fully saturated rings. The first-order valence-corrected chi connectivity index (χ1v) is 7.58. The van der Waals surface area contributed by atoms with Crippen LogP contribution in [0.4, 0.5) is 13.2 Å². The number of esters is 1. The molecule has 122 valence electrons. The van der Waals surface area contributed by atoms with Crippen molar-refractivity contribution < 1.29 is 22.7 Å². The summed E-state index contributed by atoms with van der Waals surface area (Å²) in [6, 6.07) is 4.57. The largest absolute Gasteiger partial charge is 0.469 e. The topological polar surface area (TPSA) is 26.3 Å². The van der Waals surface area contributed by atoms with Crippen LogP contribution >= 0.6 is 0 Å². The van der Waals surface area contributed by atoms with E-state index in [0.29, 0.717) is 5.92 Å². The number of hydrogen-bond donors (Lipinski definition) is 0. The molecular weight excluding hydrogens is 293 g/mol. The number of alkyl halides is 3. The zero-order valence-corrected chi connectivity index (χ0v) is 12.9. The molecule has 0 spiro atoms. The van der Waals surface area contributed by atoms with E-state index in [1.165, 1.54) is 19.2 Å². The summed E-state index contributed by atoms with van der Waals surface area (Å²) in [7, 11) is 1.23. The van der Waals surface area contributed by atoms with E-state index in [2.05, 4.69) is 11.7 Å². The quantitative estimate of drug-likeness (QED) is 0.752. The number of rotatable bonds is 4. The molecule has 5 heteroatoms. The van der Waals surface area contributed by atoms with E-state index >= 15 is 0 Å². The van der Waals surface area contributed by atoms with Crippen molar-refractivity contribution in [3.8, 4) is 0 Å². The fourth-order valence-corrected chi connectivity index (χ4v) is 3.18. The number of ether oxygens (including phenoxy) is 1. The third-order valence-electron chi connectivity index (χ3n) is 4.43. The predicted octanol–water partition coefficient (Wildman–Crippen LogP) is 4.71. The lowest BCUT2D eigenvalue weighted by molar-refractivity contribution is -0.142. The van der Waals surface area contributed by atoms with Gasteiger partial charge in [-0.3, -0.25) is 4.79 Å². The number of benzene rings is 1. The maximum atomic E-state index is 13.3. The lowest BCUT2D eigenvalue weighted by Gasteiger charge is -2.17. The molecule has 0 unspecified atom stereocenters. The Bertz CT molecular complexity index is 537. The van der Waals surface area contributed by atoms with E-state index in [1.807, 2.05) is 0 Å². The van der Waals surface area contributed by atoms with Crippen LogP contribution in [0.3, 0.4) is 0 Å². The molecule has 0 aliphatic heterocycles. The fourth-order valence-electron chi connectivity index (χ4n) is 3.18. The molecule has 0 N–H and O–H groups in total. The summed E-state index contributed by atoms with van der Waals surface area (Å²) >= 11 is 0. The second-order valence-corrected chi connectivity index (χ2v) is 6.11. The molecule has 1 aliphatic rings. The van der Waals surface area contributed by atoms with Gasteiger partial charge in [-0.2, -0.15) is 13.2 Å². The predicted molar refractivity (Wildman–Crippen MR) is 77.5 cm³/mol. The maximum absolute atomic E-state index is 13.3. The Labute approximate surface area is 128 Å². The van der Waals surface area contributed by atoms with Crippen molar-refractivity contribution >= 4 is 5.97 Å². The van der Waals surface area contributed by atoms with E-state index in [0.717, 1.165) is 24.8 Å².